The van der Waals surface area contributed by atoms with Crippen LogP contribution in [-0.4, -0.2) is 46.2 Å². The van der Waals surface area contributed by atoms with Gasteiger partial charge in [0.2, 0.25) is 6.04 Å². The molecule has 1 unspecified atom stereocenters. The molecule has 30 heavy (non-hydrogen) atoms. The van der Waals surface area contributed by atoms with Crippen LogP contribution in [0.1, 0.15) is 6.92 Å². The van der Waals surface area contributed by atoms with Gasteiger partial charge in [-0.15, -0.1) is 0 Å². The molecular formula is C20H22ClN3O6. The maximum Gasteiger partial charge on any atom is 0.259 e. The van der Waals surface area contributed by atoms with Crippen molar-refractivity contribution in [3.05, 3.63) is 35.4 Å². The minimum Gasteiger partial charge on any atom is -0.497 e. The number of hydrogen-bond donors (Lipinski definition) is 1. The van der Waals surface area contributed by atoms with E-state index in [1.54, 1.807) is 30.3 Å². The number of amides is 1. The lowest BCUT2D eigenvalue weighted by Crippen LogP contribution is -2.32. The summed E-state index contributed by atoms with van der Waals surface area (Å²) in [6, 6.07) is 6.55. The molecule has 1 amide bonds. The lowest BCUT2D eigenvalue weighted by molar-refractivity contribution is -0.126. The third-order valence-corrected chi connectivity index (χ3v) is 4.30. The molecule has 10 heteroatoms. The van der Waals surface area contributed by atoms with E-state index >= 15 is 0 Å². The van der Waals surface area contributed by atoms with E-state index in [1.165, 1.54) is 35.4 Å². The molecule has 0 bridgehead atoms. The van der Waals surface area contributed by atoms with Crippen molar-refractivity contribution in [2.24, 2.45) is 10.2 Å². The number of azo groups is 1. The van der Waals surface area contributed by atoms with Gasteiger partial charge in [-0.05, 0) is 19.1 Å². The summed E-state index contributed by atoms with van der Waals surface area (Å²) in [6.45, 7) is 1.24. The first kappa shape index (κ1) is 23.0. The van der Waals surface area contributed by atoms with E-state index in [2.05, 4.69) is 15.5 Å². The number of halogens is 1. The van der Waals surface area contributed by atoms with Crippen LogP contribution >= 0.6 is 11.6 Å². The van der Waals surface area contributed by atoms with Gasteiger partial charge in [0.1, 0.15) is 22.9 Å². The van der Waals surface area contributed by atoms with E-state index in [9.17, 15) is 9.59 Å². The Morgan fingerprint density at radius 3 is 2.10 bits per heavy atom. The summed E-state index contributed by atoms with van der Waals surface area (Å²) in [4.78, 5) is 24.8. The minimum atomic E-state index is -1.41. The summed E-state index contributed by atoms with van der Waals surface area (Å²) in [5.74, 6) is 0.245. The van der Waals surface area contributed by atoms with Crippen molar-refractivity contribution in [3.8, 4) is 23.0 Å². The van der Waals surface area contributed by atoms with Crippen molar-refractivity contribution in [1.29, 1.82) is 0 Å². The molecule has 0 spiro atoms. The summed E-state index contributed by atoms with van der Waals surface area (Å²) in [6.07, 6.45) is 0. The molecule has 0 heterocycles. The standard InChI is InChI=1S/C20H22ClN3O6/c1-11(25)17(24-23-12-8-13(27-2)10-14(9-12)28-3)20(26)22-18-16(29-4)7-6-15(21)19(18)30-5/h6-10,17H,1-5H3,(H,22,26). The van der Waals surface area contributed by atoms with Crippen molar-refractivity contribution in [1.82, 2.24) is 0 Å². The molecule has 9 nitrogen and oxygen atoms in total. The number of ketones is 1. The zero-order chi connectivity index (χ0) is 22.3. The molecule has 0 fully saturated rings. The van der Waals surface area contributed by atoms with Gasteiger partial charge < -0.3 is 24.3 Å². The fourth-order valence-corrected chi connectivity index (χ4v) is 2.75. The Labute approximate surface area is 178 Å². The Morgan fingerprint density at radius 2 is 1.60 bits per heavy atom. The third kappa shape index (κ3) is 5.38. The number of benzene rings is 2. The highest BCUT2D eigenvalue weighted by Crippen LogP contribution is 2.40. The molecular weight excluding hydrogens is 414 g/mol. The highest BCUT2D eigenvalue weighted by molar-refractivity contribution is 6.33. The fraction of sp³-hybridized carbons (Fsp3) is 0.300. The van der Waals surface area contributed by atoms with Crippen molar-refractivity contribution < 1.29 is 28.5 Å². The molecule has 2 aromatic carbocycles. The quantitative estimate of drug-likeness (QED) is 0.470. The maximum atomic E-state index is 12.8. The van der Waals surface area contributed by atoms with Crippen LogP contribution in [0.4, 0.5) is 11.4 Å². The second kappa shape index (κ2) is 10.4. The van der Waals surface area contributed by atoms with Gasteiger partial charge in [0.05, 0.1) is 39.1 Å². The Hall–Kier alpha value is -3.33. The molecule has 0 aliphatic heterocycles. The number of nitrogens with zero attached hydrogens (tertiary/aromatic N) is 2. The molecule has 0 radical (unpaired) electrons. The monoisotopic (exact) mass is 435 g/mol. The van der Waals surface area contributed by atoms with Crippen LogP contribution in [0.2, 0.25) is 5.02 Å². The number of Topliss-reactive ketones (excluding diaryl/α,β-unsaturated/α-hetero) is 1. The minimum absolute atomic E-state index is 0.182. The van der Waals surface area contributed by atoms with Crippen LogP contribution in [0.5, 0.6) is 23.0 Å². The molecule has 2 aromatic rings. The number of carbonyl (C=O) groups excluding carboxylic acids is 2. The first-order chi connectivity index (χ1) is 14.3. The number of ether oxygens (including phenoxy) is 4. The Kier molecular flexibility index (Phi) is 7.99. The zero-order valence-electron chi connectivity index (χ0n) is 17.2. The summed E-state index contributed by atoms with van der Waals surface area (Å²) < 4.78 is 20.8. The van der Waals surface area contributed by atoms with Gasteiger partial charge >= 0.3 is 0 Å². The summed E-state index contributed by atoms with van der Waals surface area (Å²) in [5, 5.41) is 10.8. The molecule has 0 aromatic heterocycles. The maximum absolute atomic E-state index is 12.8. The summed E-state index contributed by atoms with van der Waals surface area (Å²) >= 11 is 6.12. The first-order valence-electron chi connectivity index (χ1n) is 8.70. The van der Waals surface area contributed by atoms with Crippen LogP contribution in [0.15, 0.2) is 40.6 Å². The number of rotatable bonds is 9. The summed E-state index contributed by atoms with van der Waals surface area (Å²) in [7, 11) is 5.81. The number of methoxy groups -OCH3 is 4. The lowest BCUT2D eigenvalue weighted by Gasteiger charge is -2.16. The third-order valence-electron chi connectivity index (χ3n) is 4.00. The number of anilines is 1. The van der Waals surface area contributed by atoms with E-state index in [1.807, 2.05) is 0 Å². The van der Waals surface area contributed by atoms with Crippen LogP contribution in [0.25, 0.3) is 0 Å². The smallest absolute Gasteiger partial charge is 0.259 e. The van der Waals surface area contributed by atoms with Gasteiger partial charge in [-0.25, -0.2) is 0 Å². The molecule has 0 aliphatic rings. The SMILES string of the molecule is COc1cc(N=NC(C(C)=O)C(=O)Nc2c(OC)ccc(Cl)c2OC)cc(OC)c1. The largest absolute Gasteiger partial charge is 0.497 e. The zero-order valence-corrected chi connectivity index (χ0v) is 17.9. The highest BCUT2D eigenvalue weighted by atomic mass is 35.5. The normalized spacial score (nSPS) is 11.7. The molecule has 1 N–H and O–H groups in total. The highest BCUT2D eigenvalue weighted by Gasteiger charge is 2.26. The van der Waals surface area contributed by atoms with E-state index in [4.69, 9.17) is 30.5 Å². The van der Waals surface area contributed by atoms with Gasteiger partial charge in [-0.3, -0.25) is 9.59 Å². The molecule has 1 atom stereocenters. The van der Waals surface area contributed by atoms with Gasteiger partial charge in [0.15, 0.2) is 11.5 Å². The van der Waals surface area contributed by atoms with E-state index in [0.29, 0.717) is 22.9 Å². The molecule has 2 rings (SSSR count). The number of nitrogens with one attached hydrogen (secondary N) is 1. The van der Waals surface area contributed by atoms with Gasteiger partial charge in [-0.2, -0.15) is 10.2 Å². The molecule has 0 saturated heterocycles. The second-order valence-electron chi connectivity index (χ2n) is 5.95. The van der Waals surface area contributed by atoms with Gasteiger partial charge in [0, 0.05) is 18.2 Å². The Bertz CT molecular complexity index is 942. The Balaban J connectivity index is 2.34. The molecule has 0 saturated carbocycles. The Morgan fingerprint density at radius 1 is 0.967 bits per heavy atom. The van der Waals surface area contributed by atoms with Crippen molar-refractivity contribution >= 4 is 34.7 Å². The lowest BCUT2D eigenvalue weighted by atomic mass is 10.2. The topological polar surface area (TPSA) is 108 Å². The van der Waals surface area contributed by atoms with Crippen LogP contribution in [-0.2, 0) is 9.59 Å². The number of hydrogen-bond acceptors (Lipinski definition) is 8. The van der Waals surface area contributed by atoms with Crippen LogP contribution in [0.3, 0.4) is 0 Å². The van der Waals surface area contributed by atoms with E-state index in [0.717, 1.165) is 0 Å². The predicted molar refractivity (Wildman–Crippen MR) is 112 cm³/mol. The fourth-order valence-electron chi connectivity index (χ4n) is 2.51. The average Bonchev–Trinajstić information content (AvgIpc) is 2.73. The van der Waals surface area contributed by atoms with Crippen molar-refractivity contribution in [2.75, 3.05) is 33.8 Å². The van der Waals surface area contributed by atoms with Crippen molar-refractivity contribution in [2.45, 2.75) is 13.0 Å². The molecule has 160 valence electrons. The van der Waals surface area contributed by atoms with Gasteiger partial charge in [-0.1, -0.05) is 11.6 Å². The van der Waals surface area contributed by atoms with E-state index < -0.39 is 17.7 Å². The average molecular weight is 436 g/mol. The van der Waals surface area contributed by atoms with E-state index in [-0.39, 0.29) is 16.5 Å². The molecule has 0 aliphatic carbocycles. The van der Waals surface area contributed by atoms with Crippen molar-refractivity contribution in [3.63, 3.8) is 0 Å². The number of carbonyl (C=O) groups is 2. The first-order valence-corrected chi connectivity index (χ1v) is 9.08. The van der Waals surface area contributed by atoms with Gasteiger partial charge in [0.25, 0.3) is 5.91 Å². The summed E-state index contributed by atoms with van der Waals surface area (Å²) in [5.41, 5.74) is 0.533. The van der Waals surface area contributed by atoms with Crippen LogP contribution < -0.4 is 24.3 Å². The van der Waals surface area contributed by atoms with Crippen LogP contribution in [0, 0.1) is 0 Å². The predicted octanol–water partition coefficient (Wildman–Crippen LogP) is 4.05. The second-order valence-corrected chi connectivity index (χ2v) is 6.35.